The van der Waals surface area contributed by atoms with E-state index in [1.165, 1.54) is 25.2 Å². The number of amides is 1. The molecule has 3 N–H and O–H groups in total. The zero-order valence-electron chi connectivity index (χ0n) is 11.1. The monoisotopic (exact) mass is 283 g/mol. The number of hydrogen-bond acceptors (Lipinski definition) is 6. The lowest BCUT2D eigenvalue weighted by Crippen LogP contribution is -2.18. The first-order chi connectivity index (χ1) is 9.60. The third kappa shape index (κ3) is 4.48. The Morgan fingerprint density at radius 3 is 2.80 bits per heavy atom. The first kappa shape index (κ1) is 15.9. The van der Waals surface area contributed by atoms with Gasteiger partial charge < -0.3 is 20.5 Å². The van der Waals surface area contributed by atoms with E-state index in [0.717, 1.165) is 0 Å². The third-order valence-electron chi connectivity index (χ3n) is 2.48. The molecule has 0 saturated carbocycles. The van der Waals surface area contributed by atoms with Crippen molar-refractivity contribution in [2.45, 2.75) is 0 Å². The van der Waals surface area contributed by atoms with E-state index in [0.29, 0.717) is 18.7 Å². The van der Waals surface area contributed by atoms with Crippen LogP contribution in [0.3, 0.4) is 0 Å². The summed E-state index contributed by atoms with van der Waals surface area (Å²) in [4.78, 5) is 21.9. The Labute approximate surface area is 115 Å². The van der Waals surface area contributed by atoms with Gasteiger partial charge in [0.25, 0.3) is 11.6 Å². The van der Waals surface area contributed by atoms with Gasteiger partial charge in [-0.15, -0.1) is 0 Å². The Kier molecular flexibility index (Phi) is 6.41. The van der Waals surface area contributed by atoms with Gasteiger partial charge in [0.05, 0.1) is 24.7 Å². The first-order valence-corrected chi connectivity index (χ1v) is 6.03. The Morgan fingerprint density at radius 2 is 2.20 bits per heavy atom. The van der Waals surface area contributed by atoms with Gasteiger partial charge in [-0.3, -0.25) is 14.9 Å². The lowest BCUT2D eigenvalue weighted by Gasteiger charge is -2.09. The van der Waals surface area contributed by atoms with Gasteiger partial charge in [-0.25, -0.2) is 0 Å². The molecule has 0 aliphatic rings. The second kappa shape index (κ2) is 8.08. The number of ether oxygens (including phenoxy) is 1. The summed E-state index contributed by atoms with van der Waals surface area (Å²) < 4.78 is 5.04. The molecule has 1 aromatic carbocycles. The lowest BCUT2D eigenvalue weighted by molar-refractivity contribution is -0.384. The van der Waals surface area contributed by atoms with Gasteiger partial charge in [0.2, 0.25) is 0 Å². The van der Waals surface area contributed by atoms with Crippen molar-refractivity contribution in [3.05, 3.63) is 33.9 Å². The number of nitro benzene ring substituents is 1. The number of nitro groups is 1. The largest absolute Gasteiger partial charge is 0.394 e. The number of carbonyl (C=O) groups excluding carboxylic acids is 1. The van der Waals surface area contributed by atoms with E-state index in [1.54, 1.807) is 0 Å². The van der Waals surface area contributed by atoms with Crippen molar-refractivity contribution in [3.8, 4) is 0 Å². The molecule has 0 aliphatic heterocycles. The summed E-state index contributed by atoms with van der Waals surface area (Å²) >= 11 is 0. The van der Waals surface area contributed by atoms with Gasteiger partial charge in [0.15, 0.2) is 0 Å². The molecule has 0 heterocycles. The van der Waals surface area contributed by atoms with Crippen molar-refractivity contribution in [2.24, 2.45) is 0 Å². The molecule has 1 amide bonds. The second-order valence-electron chi connectivity index (χ2n) is 3.83. The molecule has 0 aromatic heterocycles. The number of aliphatic hydroxyl groups excluding tert-OH is 1. The highest BCUT2D eigenvalue weighted by Crippen LogP contribution is 2.25. The van der Waals surface area contributed by atoms with Crippen LogP contribution < -0.4 is 10.6 Å². The van der Waals surface area contributed by atoms with Crippen LogP contribution in [0.15, 0.2) is 18.2 Å². The van der Waals surface area contributed by atoms with Crippen LogP contribution in [0, 0.1) is 10.1 Å². The molecule has 0 aliphatic carbocycles. The number of anilines is 1. The highest BCUT2D eigenvalue weighted by Gasteiger charge is 2.16. The van der Waals surface area contributed by atoms with E-state index in [-0.39, 0.29) is 30.5 Å². The zero-order chi connectivity index (χ0) is 15.0. The van der Waals surface area contributed by atoms with Crippen LogP contribution in [0.5, 0.6) is 0 Å². The number of nitrogens with one attached hydrogen (secondary N) is 2. The molecule has 8 heteroatoms. The van der Waals surface area contributed by atoms with Crippen LogP contribution in [0.1, 0.15) is 10.4 Å². The van der Waals surface area contributed by atoms with Gasteiger partial charge in [-0.2, -0.15) is 0 Å². The van der Waals surface area contributed by atoms with Crippen LogP contribution in [0.25, 0.3) is 0 Å². The van der Waals surface area contributed by atoms with Crippen LogP contribution in [-0.4, -0.2) is 49.4 Å². The molecule has 0 fully saturated rings. The number of hydrogen-bond donors (Lipinski definition) is 3. The van der Waals surface area contributed by atoms with Gasteiger partial charge in [-0.1, -0.05) is 0 Å². The quantitative estimate of drug-likeness (QED) is 0.361. The van der Waals surface area contributed by atoms with Crippen molar-refractivity contribution in [1.82, 2.24) is 5.32 Å². The maximum absolute atomic E-state index is 11.5. The minimum Gasteiger partial charge on any atom is -0.394 e. The molecule has 0 atom stereocenters. The molecule has 1 aromatic rings. The maximum atomic E-state index is 11.5. The van der Waals surface area contributed by atoms with E-state index in [1.807, 2.05) is 0 Å². The standard InChI is InChI=1S/C12H17N3O5/c1-13-12(17)9-2-3-11(15(18)19)10(8-9)14-4-6-20-7-5-16/h2-3,8,14,16H,4-7H2,1H3,(H,13,17). The van der Waals surface area contributed by atoms with Crippen molar-refractivity contribution in [1.29, 1.82) is 0 Å². The maximum Gasteiger partial charge on any atom is 0.292 e. The van der Waals surface area contributed by atoms with Crippen LogP contribution in [0.2, 0.25) is 0 Å². The summed E-state index contributed by atoms with van der Waals surface area (Å²) in [6.07, 6.45) is 0. The summed E-state index contributed by atoms with van der Waals surface area (Å²) in [5, 5.41) is 24.8. The minimum atomic E-state index is -0.523. The lowest BCUT2D eigenvalue weighted by atomic mass is 10.1. The van der Waals surface area contributed by atoms with E-state index < -0.39 is 4.92 Å². The summed E-state index contributed by atoms with van der Waals surface area (Å²) in [7, 11) is 1.49. The third-order valence-corrected chi connectivity index (χ3v) is 2.48. The summed E-state index contributed by atoms with van der Waals surface area (Å²) in [5.74, 6) is -0.320. The van der Waals surface area contributed by atoms with Gasteiger partial charge >= 0.3 is 0 Å². The Hall–Kier alpha value is -2.19. The predicted octanol–water partition coefficient (Wildman–Crippen LogP) is 0.375. The average Bonchev–Trinajstić information content (AvgIpc) is 2.45. The second-order valence-corrected chi connectivity index (χ2v) is 3.83. The normalized spacial score (nSPS) is 10.1. The molecule has 1 rings (SSSR count). The van der Waals surface area contributed by atoms with E-state index in [4.69, 9.17) is 9.84 Å². The summed E-state index contributed by atoms with van der Waals surface area (Å²) in [5.41, 5.74) is 0.473. The highest BCUT2D eigenvalue weighted by atomic mass is 16.6. The topological polar surface area (TPSA) is 114 Å². The minimum absolute atomic E-state index is 0.0771. The molecule has 20 heavy (non-hydrogen) atoms. The van der Waals surface area contributed by atoms with Crippen molar-refractivity contribution in [3.63, 3.8) is 0 Å². The van der Waals surface area contributed by atoms with Gasteiger partial charge in [-0.05, 0) is 12.1 Å². The average molecular weight is 283 g/mol. The molecule has 8 nitrogen and oxygen atoms in total. The molecular formula is C12H17N3O5. The molecule has 0 radical (unpaired) electrons. The SMILES string of the molecule is CNC(=O)c1ccc([N+](=O)[O-])c(NCCOCCO)c1. The molecule has 0 saturated heterocycles. The fourth-order valence-electron chi connectivity index (χ4n) is 1.55. The molecule has 0 bridgehead atoms. The molecule has 0 spiro atoms. The number of benzene rings is 1. The molecule has 0 unspecified atom stereocenters. The molecular weight excluding hydrogens is 266 g/mol. The van der Waals surface area contributed by atoms with Crippen LogP contribution in [0.4, 0.5) is 11.4 Å². The predicted molar refractivity (Wildman–Crippen MR) is 72.9 cm³/mol. The summed E-state index contributed by atoms with van der Waals surface area (Å²) in [6.45, 7) is 0.758. The summed E-state index contributed by atoms with van der Waals surface area (Å²) in [6, 6.07) is 4.09. The Balaban J connectivity index is 2.78. The molecule has 110 valence electrons. The van der Waals surface area contributed by atoms with Crippen molar-refractivity contribution >= 4 is 17.3 Å². The highest BCUT2D eigenvalue weighted by molar-refractivity contribution is 5.95. The number of carbonyl (C=O) groups is 1. The number of rotatable bonds is 8. The smallest absolute Gasteiger partial charge is 0.292 e. The van der Waals surface area contributed by atoms with Gasteiger partial charge in [0, 0.05) is 25.2 Å². The van der Waals surface area contributed by atoms with Gasteiger partial charge in [0.1, 0.15) is 5.69 Å². The Morgan fingerprint density at radius 1 is 1.45 bits per heavy atom. The Bertz CT molecular complexity index is 478. The number of aliphatic hydroxyl groups is 1. The van der Waals surface area contributed by atoms with Crippen LogP contribution >= 0.6 is 0 Å². The van der Waals surface area contributed by atoms with Crippen molar-refractivity contribution in [2.75, 3.05) is 38.7 Å². The van der Waals surface area contributed by atoms with E-state index in [9.17, 15) is 14.9 Å². The zero-order valence-corrected chi connectivity index (χ0v) is 11.1. The first-order valence-electron chi connectivity index (χ1n) is 6.03. The fourth-order valence-corrected chi connectivity index (χ4v) is 1.55. The number of nitrogens with zero attached hydrogens (tertiary/aromatic N) is 1. The fraction of sp³-hybridized carbons (Fsp3) is 0.417. The van der Waals surface area contributed by atoms with Crippen LogP contribution in [-0.2, 0) is 4.74 Å². The van der Waals surface area contributed by atoms with E-state index >= 15 is 0 Å². The van der Waals surface area contributed by atoms with E-state index in [2.05, 4.69) is 10.6 Å². The van der Waals surface area contributed by atoms with Crippen molar-refractivity contribution < 1.29 is 19.6 Å².